The lowest BCUT2D eigenvalue weighted by Crippen LogP contribution is -2.34. The van der Waals surface area contributed by atoms with Gasteiger partial charge in [-0.05, 0) is 30.3 Å². The molecule has 0 saturated heterocycles. The summed E-state index contributed by atoms with van der Waals surface area (Å²) >= 11 is 5.94. The molecule has 0 aliphatic carbocycles. The molecule has 0 atom stereocenters. The lowest BCUT2D eigenvalue weighted by molar-refractivity contribution is 0.0954. The molecule has 0 saturated carbocycles. The number of hydrogen-bond acceptors (Lipinski definition) is 5. The molecule has 26 heavy (non-hydrogen) atoms. The molecule has 0 aliphatic heterocycles. The molecule has 7 nitrogen and oxygen atoms in total. The Balaban J connectivity index is 1.98. The van der Waals surface area contributed by atoms with E-state index in [0.717, 1.165) is 6.26 Å². The summed E-state index contributed by atoms with van der Waals surface area (Å²) in [5.74, 6) is -0.598. The van der Waals surface area contributed by atoms with Gasteiger partial charge in [-0.25, -0.2) is 21.6 Å². The molecule has 0 spiro atoms. The number of benzene rings is 2. The Morgan fingerprint density at radius 2 is 1.62 bits per heavy atom. The van der Waals surface area contributed by atoms with Crippen LogP contribution >= 0.6 is 11.6 Å². The number of rotatable bonds is 7. The molecule has 0 bridgehead atoms. The van der Waals surface area contributed by atoms with Crippen molar-refractivity contribution >= 4 is 37.4 Å². The van der Waals surface area contributed by atoms with Gasteiger partial charge in [-0.15, -0.1) is 0 Å². The van der Waals surface area contributed by atoms with Crippen molar-refractivity contribution in [2.24, 2.45) is 0 Å². The van der Waals surface area contributed by atoms with Gasteiger partial charge in [-0.3, -0.25) is 4.79 Å². The lowest BCUT2D eigenvalue weighted by Gasteiger charge is -2.10. The van der Waals surface area contributed by atoms with Crippen LogP contribution in [0.2, 0.25) is 5.02 Å². The Labute approximate surface area is 157 Å². The van der Waals surface area contributed by atoms with Crippen molar-refractivity contribution in [3.05, 3.63) is 59.1 Å². The van der Waals surface area contributed by atoms with Gasteiger partial charge in [-0.1, -0.05) is 29.8 Å². The summed E-state index contributed by atoms with van der Waals surface area (Å²) in [4.78, 5) is 12.3. The first-order valence-corrected chi connectivity index (χ1v) is 11.2. The third-order valence-corrected chi connectivity index (χ3v) is 6.28. The van der Waals surface area contributed by atoms with E-state index in [0.29, 0.717) is 0 Å². The molecular weight excluding hydrogens is 400 g/mol. The van der Waals surface area contributed by atoms with Crippen LogP contribution in [0.1, 0.15) is 10.4 Å². The first-order chi connectivity index (χ1) is 12.1. The van der Waals surface area contributed by atoms with Crippen LogP contribution in [0.25, 0.3) is 0 Å². The van der Waals surface area contributed by atoms with E-state index in [-0.39, 0.29) is 33.5 Å². The molecule has 0 heterocycles. The Bertz CT molecular complexity index is 1010. The third kappa shape index (κ3) is 5.28. The van der Waals surface area contributed by atoms with Crippen molar-refractivity contribution in [1.82, 2.24) is 10.0 Å². The monoisotopic (exact) mass is 416 g/mol. The van der Waals surface area contributed by atoms with Crippen molar-refractivity contribution in [1.29, 1.82) is 0 Å². The molecule has 140 valence electrons. The van der Waals surface area contributed by atoms with Crippen LogP contribution in [0.5, 0.6) is 0 Å². The zero-order valence-corrected chi connectivity index (χ0v) is 16.2. The Kier molecular flexibility index (Phi) is 6.40. The largest absolute Gasteiger partial charge is 0.351 e. The van der Waals surface area contributed by atoms with Crippen molar-refractivity contribution in [3.63, 3.8) is 0 Å². The average molecular weight is 417 g/mol. The van der Waals surface area contributed by atoms with Gasteiger partial charge in [0.25, 0.3) is 5.91 Å². The molecule has 0 aliphatic rings. The minimum atomic E-state index is -3.66. The number of carbonyl (C=O) groups is 1. The van der Waals surface area contributed by atoms with Crippen LogP contribution in [0.3, 0.4) is 0 Å². The number of amides is 1. The van der Waals surface area contributed by atoms with Crippen LogP contribution in [-0.2, 0) is 19.9 Å². The van der Waals surface area contributed by atoms with E-state index in [2.05, 4.69) is 10.0 Å². The van der Waals surface area contributed by atoms with Crippen molar-refractivity contribution in [2.75, 3.05) is 19.3 Å². The number of halogens is 1. The molecule has 2 N–H and O–H groups in total. The molecule has 1 amide bonds. The van der Waals surface area contributed by atoms with E-state index >= 15 is 0 Å². The predicted octanol–water partition coefficient (Wildman–Crippen LogP) is 1.45. The maximum atomic E-state index is 12.2. The second-order valence-electron chi connectivity index (χ2n) is 5.38. The van der Waals surface area contributed by atoms with Crippen molar-refractivity contribution in [3.8, 4) is 0 Å². The Morgan fingerprint density at radius 3 is 2.23 bits per heavy atom. The number of hydrogen-bond donors (Lipinski definition) is 2. The number of nitrogens with one attached hydrogen (secondary N) is 2. The molecule has 0 radical (unpaired) electrons. The second-order valence-corrected chi connectivity index (χ2v) is 9.57. The summed E-state index contributed by atoms with van der Waals surface area (Å²) in [6.45, 7) is -0.0311. The first kappa shape index (κ1) is 20.4. The van der Waals surface area contributed by atoms with Gasteiger partial charge in [0.1, 0.15) is 0 Å². The fraction of sp³-hybridized carbons (Fsp3) is 0.188. The maximum Gasteiger partial charge on any atom is 0.252 e. The van der Waals surface area contributed by atoms with Crippen LogP contribution in [-0.4, -0.2) is 42.1 Å². The highest BCUT2D eigenvalue weighted by molar-refractivity contribution is 7.90. The van der Waals surface area contributed by atoms with Crippen LogP contribution in [0.4, 0.5) is 0 Å². The van der Waals surface area contributed by atoms with E-state index in [1.54, 1.807) is 18.2 Å². The fourth-order valence-corrected chi connectivity index (χ4v) is 3.95. The summed E-state index contributed by atoms with van der Waals surface area (Å²) in [6.07, 6.45) is 1.02. The van der Waals surface area contributed by atoms with Gasteiger partial charge in [0.05, 0.1) is 20.4 Å². The number of sulfone groups is 1. The highest BCUT2D eigenvalue weighted by Gasteiger charge is 2.16. The average Bonchev–Trinajstić information content (AvgIpc) is 2.58. The quantitative estimate of drug-likeness (QED) is 0.664. The molecule has 0 fully saturated rings. The highest BCUT2D eigenvalue weighted by atomic mass is 35.5. The summed E-state index contributed by atoms with van der Waals surface area (Å²) in [7, 11) is -7.14. The number of carbonyl (C=O) groups excluding carboxylic acids is 1. The Hall–Kier alpha value is -1.94. The second kappa shape index (κ2) is 8.17. The van der Waals surface area contributed by atoms with Crippen molar-refractivity contribution in [2.45, 2.75) is 9.79 Å². The molecule has 0 unspecified atom stereocenters. The summed E-state index contributed by atoms with van der Waals surface area (Å²) < 4.78 is 49.6. The zero-order valence-electron chi connectivity index (χ0n) is 13.8. The predicted molar refractivity (Wildman–Crippen MR) is 98.5 cm³/mol. The minimum absolute atomic E-state index is 0.000471. The van der Waals surface area contributed by atoms with Crippen LogP contribution < -0.4 is 10.0 Å². The van der Waals surface area contributed by atoms with Gasteiger partial charge in [0.15, 0.2) is 9.84 Å². The maximum absolute atomic E-state index is 12.2. The van der Waals surface area contributed by atoms with Crippen LogP contribution in [0, 0.1) is 0 Å². The minimum Gasteiger partial charge on any atom is -0.351 e. The van der Waals surface area contributed by atoms with Gasteiger partial charge in [0.2, 0.25) is 10.0 Å². The topological polar surface area (TPSA) is 109 Å². The number of sulfonamides is 1. The van der Waals surface area contributed by atoms with E-state index in [9.17, 15) is 21.6 Å². The smallest absolute Gasteiger partial charge is 0.252 e. The normalized spacial score (nSPS) is 11.9. The van der Waals surface area contributed by atoms with Gasteiger partial charge in [-0.2, -0.15) is 0 Å². The van der Waals surface area contributed by atoms with Gasteiger partial charge in [0, 0.05) is 19.3 Å². The zero-order chi connectivity index (χ0) is 19.4. The molecular formula is C16H17ClN2O5S2. The molecule has 2 aromatic carbocycles. The van der Waals surface area contributed by atoms with Crippen LogP contribution in [0.15, 0.2) is 58.3 Å². The van der Waals surface area contributed by atoms with Gasteiger partial charge < -0.3 is 5.32 Å². The fourth-order valence-electron chi connectivity index (χ4n) is 2.05. The van der Waals surface area contributed by atoms with Crippen molar-refractivity contribution < 1.29 is 21.6 Å². The summed E-state index contributed by atoms with van der Waals surface area (Å²) in [5.41, 5.74) is 0.000471. The van der Waals surface area contributed by atoms with E-state index in [1.807, 2.05) is 0 Å². The standard InChI is InChI=1S/C16H17ClN2O5S2/c1-25(21,22)13-7-8-15(17)14(11-13)16(20)18-9-10-19-26(23,24)12-5-3-2-4-6-12/h2-8,11,19H,9-10H2,1H3,(H,18,20). The molecule has 0 aromatic heterocycles. The summed E-state index contributed by atoms with van der Waals surface area (Å²) in [6, 6.07) is 11.6. The molecule has 10 heteroatoms. The SMILES string of the molecule is CS(=O)(=O)c1ccc(Cl)c(C(=O)NCCNS(=O)(=O)c2ccccc2)c1. The Morgan fingerprint density at radius 1 is 0.962 bits per heavy atom. The first-order valence-electron chi connectivity index (χ1n) is 7.44. The van der Waals surface area contributed by atoms with E-state index in [1.165, 1.54) is 30.3 Å². The lowest BCUT2D eigenvalue weighted by atomic mass is 10.2. The highest BCUT2D eigenvalue weighted by Crippen LogP contribution is 2.20. The molecule has 2 aromatic rings. The molecule has 2 rings (SSSR count). The van der Waals surface area contributed by atoms with E-state index in [4.69, 9.17) is 11.6 Å². The summed E-state index contributed by atoms with van der Waals surface area (Å²) in [5, 5.41) is 2.59. The van der Waals surface area contributed by atoms with E-state index < -0.39 is 25.8 Å². The van der Waals surface area contributed by atoms with Gasteiger partial charge >= 0.3 is 0 Å². The third-order valence-electron chi connectivity index (χ3n) is 3.37.